The van der Waals surface area contributed by atoms with E-state index < -0.39 is 132 Å². The van der Waals surface area contributed by atoms with Gasteiger partial charge in [-0.15, -0.1) is 0 Å². The Balaban J connectivity index is 1.40. The summed E-state index contributed by atoms with van der Waals surface area (Å²) in [6, 6.07) is 7.89. The Hall–Kier alpha value is -3.28. The Morgan fingerprint density at radius 1 is 0.986 bits per heavy atom. The standard InChI is InChI=1S/C55H89FN4O14/c1-14-43-55(10,69)48(65)34(6)60(12)28-30(2)24-53(8,68)50(32(4)45(33(5)51(67)73-43)42-25-54(9,70-13)49(66)35(7)72-42)74-52-47(64)41(23-31(3)71-52)59(11)22-21-44(62)58-40(26-56)46(63)37-17-15-36(16-18-37)38-19-20-39(29-61)57-27-38/h15-20,27,30-35,40-43,45-50,52,61,63-66,68-69H,14,21-26,28-29H2,1-13H3,(H,58,62)/t30-,31-,32+,33-,34-,35+,40-,41+,42?,43-,45+,46-,47-,48-,49+,50-,52+,53-,54-,55-/m1/s1. The Morgan fingerprint density at radius 3 is 2.22 bits per heavy atom. The molecule has 4 heterocycles. The van der Waals surface area contributed by atoms with Gasteiger partial charge >= 0.3 is 5.97 Å². The predicted octanol–water partition coefficient (Wildman–Crippen LogP) is 3.68. The molecule has 3 fully saturated rings. The maximum absolute atomic E-state index is 14.6. The van der Waals surface area contributed by atoms with Gasteiger partial charge in [0.15, 0.2) is 6.29 Å². The van der Waals surface area contributed by atoms with Gasteiger partial charge < -0.3 is 74.5 Å². The highest BCUT2D eigenvalue weighted by Gasteiger charge is 2.55. The first kappa shape index (κ1) is 61.6. The molecular formula is C55H89FN4O14. The third kappa shape index (κ3) is 14.2. The molecular weight excluding hydrogens is 960 g/mol. The lowest BCUT2D eigenvalue weighted by molar-refractivity contribution is -0.302. The molecule has 1 aromatic carbocycles. The first-order valence-electron chi connectivity index (χ1n) is 26.4. The maximum Gasteiger partial charge on any atom is 0.309 e. The van der Waals surface area contributed by atoms with Crippen LogP contribution in [0.15, 0.2) is 42.6 Å². The second kappa shape index (κ2) is 25.9. The molecule has 20 atom stereocenters. The highest BCUT2D eigenvalue weighted by molar-refractivity contribution is 5.76. The lowest BCUT2D eigenvalue weighted by Crippen LogP contribution is -2.62. The third-order valence-electron chi connectivity index (χ3n) is 16.6. The molecule has 74 heavy (non-hydrogen) atoms. The van der Waals surface area contributed by atoms with Crippen molar-refractivity contribution in [1.82, 2.24) is 20.1 Å². The molecule has 0 saturated carbocycles. The van der Waals surface area contributed by atoms with Gasteiger partial charge in [-0.3, -0.25) is 14.6 Å². The number of benzene rings is 1. The lowest BCUT2D eigenvalue weighted by atomic mass is 9.68. The van der Waals surface area contributed by atoms with E-state index in [1.165, 1.54) is 14.0 Å². The van der Waals surface area contributed by atoms with Crippen LogP contribution in [0.5, 0.6) is 0 Å². The van der Waals surface area contributed by atoms with Gasteiger partial charge in [-0.1, -0.05) is 58.0 Å². The Bertz CT molecular complexity index is 2090. The van der Waals surface area contributed by atoms with Crippen LogP contribution < -0.4 is 5.32 Å². The summed E-state index contributed by atoms with van der Waals surface area (Å²) in [6.07, 6.45) is -8.23. The molecule has 1 unspecified atom stereocenters. The number of aliphatic hydroxyl groups is 7. The Morgan fingerprint density at radius 2 is 1.64 bits per heavy atom. The van der Waals surface area contributed by atoms with E-state index in [0.717, 1.165) is 11.1 Å². The van der Waals surface area contributed by atoms with E-state index in [9.17, 15) is 49.7 Å². The molecule has 3 aliphatic heterocycles. The topological polar surface area (TPSA) is 253 Å². The fourth-order valence-corrected chi connectivity index (χ4v) is 11.9. The quantitative estimate of drug-likeness (QED) is 0.119. The number of carbonyl (C=O) groups excluding carboxylic acids is 2. The SMILES string of the molecule is CC[C@H]1OC(=O)[C@H](C)[C@@H](C2C[C@@](C)(OC)[C@@H](O)[C@H](C)O2)[C@H](C)[C@@H](O[C@@H]2O[C@H](C)C[C@H](N(C)CCC(=O)N[C@H](CF)[C@H](O)c3ccc(-c4ccc(CO)nc4)cc3)[C@H]2O)[C@](C)(O)C[C@@H](C)CN(C)[C@H](C)[C@@H](O)[C@]1(C)O. The largest absolute Gasteiger partial charge is 0.459 e. The number of pyridine rings is 1. The zero-order valence-electron chi connectivity index (χ0n) is 45.9. The zero-order valence-corrected chi connectivity index (χ0v) is 45.9. The first-order valence-corrected chi connectivity index (χ1v) is 26.4. The number of hydrogen-bond acceptors (Lipinski definition) is 17. The van der Waals surface area contributed by atoms with E-state index in [2.05, 4.69) is 10.3 Å². The number of ether oxygens (including phenoxy) is 5. The van der Waals surface area contributed by atoms with Crippen molar-refractivity contribution in [2.45, 2.75) is 204 Å². The summed E-state index contributed by atoms with van der Waals surface area (Å²) in [5.41, 5.74) is -2.10. The number of carbonyl (C=O) groups is 2. The molecule has 5 rings (SSSR count). The molecule has 0 bridgehead atoms. The van der Waals surface area contributed by atoms with Crippen molar-refractivity contribution < 1.29 is 73.4 Å². The van der Waals surface area contributed by atoms with E-state index >= 15 is 0 Å². The summed E-state index contributed by atoms with van der Waals surface area (Å²) < 4.78 is 46.4. The predicted molar refractivity (Wildman–Crippen MR) is 275 cm³/mol. The van der Waals surface area contributed by atoms with Crippen LogP contribution >= 0.6 is 0 Å². The lowest BCUT2D eigenvalue weighted by Gasteiger charge is -2.51. The van der Waals surface area contributed by atoms with Gasteiger partial charge in [0, 0.05) is 62.8 Å². The van der Waals surface area contributed by atoms with E-state index in [0.29, 0.717) is 24.2 Å². The number of likely N-dealkylation sites (N-methyl/N-ethyl adjacent to an activating group) is 2. The number of alkyl halides is 1. The minimum absolute atomic E-state index is 0.102. The number of amides is 1. The molecule has 0 radical (unpaired) electrons. The number of aliphatic hydroxyl groups excluding tert-OH is 5. The molecule has 8 N–H and O–H groups in total. The molecule has 0 aliphatic carbocycles. The van der Waals surface area contributed by atoms with Crippen LogP contribution in [0, 0.1) is 23.7 Å². The van der Waals surface area contributed by atoms with Crippen LogP contribution in [0.2, 0.25) is 0 Å². The number of halogens is 1. The van der Waals surface area contributed by atoms with Crippen LogP contribution in [0.4, 0.5) is 4.39 Å². The number of methoxy groups -OCH3 is 1. The highest BCUT2D eigenvalue weighted by Crippen LogP contribution is 2.45. The maximum atomic E-state index is 14.6. The monoisotopic (exact) mass is 1050 g/mol. The van der Waals surface area contributed by atoms with E-state index in [-0.39, 0.29) is 44.8 Å². The van der Waals surface area contributed by atoms with Crippen LogP contribution in [-0.2, 0) is 39.9 Å². The first-order chi connectivity index (χ1) is 34.6. The molecule has 0 spiro atoms. The molecule has 2 aromatic rings. The number of cyclic esters (lactones) is 1. The number of rotatable bonds is 15. The summed E-state index contributed by atoms with van der Waals surface area (Å²) in [5.74, 6) is -3.96. The van der Waals surface area contributed by atoms with Gasteiger partial charge in [-0.05, 0) is 104 Å². The molecule has 19 heteroatoms. The second-order valence-electron chi connectivity index (χ2n) is 22.6. The number of hydrogen-bond donors (Lipinski definition) is 8. The number of nitrogens with one attached hydrogen (secondary N) is 1. The van der Waals surface area contributed by atoms with Gasteiger partial charge in [0.2, 0.25) is 5.91 Å². The molecule has 3 aliphatic rings. The van der Waals surface area contributed by atoms with Gasteiger partial charge in [-0.25, -0.2) is 4.39 Å². The van der Waals surface area contributed by atoms with Crippen LogP contribution in [0.25, 0.3) is 11.1 Å². The normalized spacial score (nSPS) is 39.1. The van der Waals surface area contributed by atoms with Gasteiger partial charge in [0.1, 0.15) is 42.8 Å². The minimum atomic E-state index is -1.85. The highest BCUT2D eigenvalue weighted by atomic mass is 19.1. The Kier molecular flexibility index (Phi) is 21.6. The van der Waals surface area contributed by atoms with Crippen LogP contribution in [-0.4, -0.2) is 193 Å². The third-order valence-corrected chi connectivity index (χ3v) is 16.6. The van der Waals surface area contributed by atoms with Crippen molar-refractivity contribution in [2.24, 2.45) is 23.7 Å². The van der Waals surface area contributed by atoms with Crippen molar-refractivity contribution in [1.29, 1.82) is 0 Å². The zero-order chi connectivity index (χ0) is 55.2. The van der Waals surface area contributed by atoms with E-state index in [4.69, 9.17) is 23.7 Å². The summed E-state index contributed by atoms with van der Waals surface area (Å²) in [5, 5.41) is 83.1. The van der Waals surface area contributed by atoms with E-state index in [1.54, 1.807) is 90.0 Å². The van der Waals surface area contributed by atoms with Crippen LogP contribution in [0.1, 0.15) is 119 Å². The average Bonchev–Trinajstić information content (AvgIpc) is 3.36. The average molecular weight is 1050 g/mol. The van der Waals surface area contributed by atoms with Gasteiger partial charge in [0.05, 0.1) is 59.9 Å². The van der Waals surface area contributed by atoms with Crippen molar-refractivity contribution in [3.05, 3.63) is 53.9 Å². The molecule has 1 aromatic heterocycles. The van der Waals surface area contributed by atoms with E-state index in [1.807, 2.05) is 38.8 Å². The van der Waals surface area contributed by atoms with Crippen molar-refractivity contribution in [3.8, 4) is 11.1 Å². The molecule has 3 saturated heterocycles. The molecule has 420 valence electrons. The number of esters is 1. The fourth-order valence-electron chi connectivity index (χ4n) is 11.9. The summed E-state index contributed by atoms with van der Waals surface area (Å²) in [4.78, 5) is 35.9. The fraction of sp³-hybridized carbons (Fsp3) is 0.764. The minimum Gasteiger partial charge on any atom is -0.459 e. The van der Waals surface area contributed by atoms with Gasteiger partial charge in [0.25, 0.3) is 0 Å². The summed E-state index contributed by atoms with van der Waals surface area (Å²) >= 11 is 0. The van der Waals surface area contributed by atoms with Crippen molar-refractivity contribution in [3.63, 3.8) is 0 Å². The second-order valence-corrected chi connectivity index (χ2v) is 22.6. The smallest absolute Gasteiger partial charge is 0.309 e. The summed E-state index contributed by atoms with van der Waals surface area (Å²) in [6.45, 7) is 16.8. The Labute approximate surface area is 437 Å². The number of aromatic nitrogens is 1. The summed E-state index contributed by atoms with van der Waals surface area (Å²) in [7, 11) is 5.06. The molecule has 1 amide bonds. The van der Waals surface area contributed by atoms with Crippen molar-refractivity contribution >= 4 is 11.9 Å². The van der Waals surface area contributed by atoms with Crippen molar-refractivity contribution in [2.75, 3.05) is 41.0 Å². The molecule has 18 nitrogen and oxygen atoms in total. The number of nitrogens with zero attached hydrogens (tertiary/aromatic N) is 3. The van der Waals surface area contributed by atoms with Crippen LogP contribution in [0.3, 0.4) is 0 Å². The van der Waals surface area contributed by atoms with Gasteiger partial charge in [-0.2, -0.15) is 0 Å².